The predicted molar refractivity (Wildman–Crippen MR) is 108 cm³/mol. The van der Waals surface area contributed by atoms with E-state index in [9.17, 15) is 4.79 Å². The summed E-state index contributed by atoms with van der Waals surface area (Å²) >= 11 is 1.45. The number of nitrogens with zero attached hydrogens (tertiary/aromatic N) is 3. The standard InChI is InChI=1S/C21H20N4OS/c1-14(20(26)18-12-22-19-11-7-6-10-17(18)19)27-21-24-23-15(2)25(21)13-16-8-4-3-5-9-16/h3-12,14,22H,13H2,1-2H3. The lowest BCUT2D eigenvalue weighted by Crippen LogP contribution is -2.15. The molecule has 2 aromatic carbocycles. The van der Waals surface area contributed by atoms with Gasteiger partial charge in [-0.15, -0.1) is 10.2 Å². The molecule has 0 radical (unpaired) electrons. The van der Waals surface area contributed by atoms with Crippen molar-refractivity contribution in [3.8, 4) is 0 Å². The number of Topliss-reactive ketones (excluding diaryl/α,β-unsaturated/α-hetero) is 1. The number of rotatable bonds is 6. The number of carbonyl (C=O) groups is 1. The lowest BCUT2D eigenvalue weighted by Gasteiger charge is -2.12. The van der Waals surface area contributed by atoms with Crippen LogP contribution in [0.3, 0.4) is 0 Å². The number of H-pyrrole nitrogens is 1. The Morgan fingerprint density at radius 2 is 1.85 bits per heavy atom. The van der Waals surface area contributed by atoms with E-state index >= 15 is 0 Å². The molecular weight excluding hydrogens is 356 g/mol. The van der Waals surface area contributed by atoms with Crippen molar-refractivity contribution >= 4 is 28.4 Å². The van der Waals surface area contributed by atoms with Gasteiger partial charge >= 0.3 is 0 Å². The zero-order chi connectivity index (χ0) is 18.8. The Hall–Kier alpha value is -2.86. The highest BCUT2D eigenvalue weighted by molar-refractivity contribution is 8.00. The van der Waals surface area contributed by atoms with Crippen LogP contribution in [0.1, 0.15) is 28.7 Å². The molecule has 2 aromatic heterocycles. The fraction of sp³-hybridized carbons (Fsp3) is 0.190. The minimum Gasteiger partial charge on any atom is -0.360 e. The molecule has 0 saturated heterocycles. The van der Waals surface area contributed by atoms with Crippen LogP contribution in [0.5, 0.6) is 0 Å². The van der Waals surface area contributed by atoms with E-state index in [4.69, 9.17) is 0 Å². The van der Waals surface area contributed by atoms with E-state index < -0.39 is 0 Å². The summed E-state index contributed by atoms with van der Waals surface area (Å²) in [6, 6.07) is 18.0. The summed E-state index contributed by atoms with van der Waals surface area (Å²) < 4.78 is 2.05. The van der Waals surface area contributed by atoms with Gasteiger partial charge in [-0.05, 0) is 25.5 Å². The minimum absolute atomic E-state index is 0.0874. The molecule has 0 fully saturated rings. The van der Waals surface area contributed by atoms with Crippen molar-refractivity contribution in [1.82, 2.24) is 19.7 Å². The molecule has 4 aromatic rings. The molecule has 5 nitrogen and oxygen atoms in total. The molecule has 0 aliphatic heterocycles. The molecule has 2 heterocycles. The van der Waals surface area contributed by atoms with Gasteiger partial charge in [-0.3, -0.25) is 4.79 Å². The number of aromatic nitrogens is 4. The number of para-hydroxylation sites is 1. The lowest BCUT2D eigenvalue weighted by molar-refractivity contribution is 0.0995. The predicted octanol–water partition coefficient (Wildman–Crippen LogP) is 4.48. The number of hydrogen-bond acceptors (Lipinski definition) is 4. The maximum absolute atomic E-state index is 13.0. The van der Waals surface area contributed by atoms with Gasteiger partial charge in [0.2, 0.25) is 0 Å². The van der Waals surface area contributed by atoms with Crippen LogP contribution in [0.15, 0.2) is 66.0 Å². The summed E-state index contributed by atoms with van der Waals surface area (Å²) in [5, 5.41) is 9.96. The second-order valence-corrected chi connectivity index (χ2v) is 7.78. The van der Waals surface area contributed by atoms with Gasteiger partial charge < -0.3 is 9.55 Å². The molecule has 0 bridgehead atoms. The minimum atomic E-state index is -0.262. The van der Waals surface area contributed by atoms with Crippen LogP contribution >= 0.6 is 11.8 Å². The van der Waals surface area contributed by atoms with Gasteiger partial charge in [0.15, 0.2) is 10.9 Å². The van der Waals surface area contributed by atoms with Crippen LogP contribution in [0, 0.1) is 6.92 Å². The molecule has 0 amide bonds. The molecule has 1 unspecified atom stereocenters. The molecule has 4 rings (SSSR count). The summed E-state index contributed by atoms with van der Waals surface area (Å²) in [6.45, 7) is 4.55. The Morgan fingerprint density at radius 1 is 1.11 bits per heavy atom. The Kier molecular flexibility index (Phi) is 4.81. The van der Waals surface area contributed by atoms with E-state index in [0.717, 1.165) is 27.4 Å². The maximum Gasteiger partial charge on any atom is 0.192 e. The topological polar surface area (TPSA) is 63.6 Å². The van der Waals surface area contributed by atoms with Gasteiger partial charge in [0.05, 0.1) is 11.8 Å². The fourth-order valence-corrected chi connectivity index (χ4v) is 4.06. The van der Waals surface area contributed by atoms with E-state index in [0.29, 0.717) is 6.54 Å². The SMILES string of the molecule is Cc1nnc(SC(C)C(=O)c2c[nH]c3ccccc23)n1Cc1ccccc1. The largest absolute Gasteiger partial charge is 0.360 e. The molecule has 0 aliphatic rings. The number of aromatic amines is 1. The average molecular weight is 376 g/mol. The Bertz CT molecular complexity index is 1080. The van der Waals surface area contributed by atoms with Crippen LogP contribution < -0.4 is 0 Å². The molecule has 27 heavy (non-hydrogen) atoms. The molecule has 6 heteroatoms. The lowest BCUT2D eigenvalue weighted by atomic mass is 10.1. The Balaban J connectivity index is 1.56. The number of nitrogens with one attached hydrogen (secondary N) is 1. The smallest absolute Gasteiger partial charge is 0.192 e. The van der Waals surface area contributed by atoms with E-state index in [1.54, 1.807) is 6.20 Å². The number of fused-ring (bicyclic) bond motifs is 1. The Labute approximate surface area is 161 Å². The van der Waals surface area contributed by atoms with Gasteiger partial charge in [0.1, 0.15) is 5.82 Å². The number of thioether (sulfide) groups is 1. The fourth-order valence-electron chi connectivity index (χ4n) is 3.10. The maximum atomic E-state index is 13.0. The first kappa shape index (κ1) is 17.5. The third-order valence-electron chi connectivity index (χ3n) is 4.59. The molecule has 136 valence electrons. The molecule has 1 atom stereocenters. The van der Waals surface area contributed by atoms with Crippen LogP contribution in [-0.4, -0.2) is 30.8 Å². The zero-order valence-corrected chi connectivity index (χ0v) is 16.0. The Morgan fingerprint density at radius 3 is 2.67 bits per heavy atom. The molecule has 0 spiro atoms. The van der Waals surface area contributed by atoms with Gasteiger partial charge in [0, 0.05) is 22.7 Å². The highest BCUT2D eigenvalue weighted by Gasteiger charge is 2.22. The summed E-state index contributed by atoms with van der Waals surface area (Å²) in [6.07, 6.45) is 1.80. The first-order valence-corrected chi connectivity index (χ1v) is 9.72. The van der Waals surface area contributed by atoms with Crippen molar-refractivity contribution in [1.29, 1.82) is 0 Å². The van der Waals surface area contributed by atoms with E-state index in [1.165, 1.54) is 17.3 Å². The second-order valence-electron chi connectivity index (χ2n) is 6.47. The van der Waals surface area contributed by atoms with E-state index in [2.05, 4.69) is 31.9 Å². The first-order valence-electron chi connectivity index (χ1n) is 8.84. The van der Waals surface area contributed by atoms with Gasteiger partial charge in [-0.1, -0.05) is 60.3 Å². The third kappa shape index (κ3) is 3.53. The summed E-state index contributed by atoms with van der Waals surface area (Å²) in [5.41, 5.74) is 2.87. The van der Waals surface area contributed by atoms with Gasteiger partial charge in [-0.2, -0.15) is 0 Å². The van der Waals surface area contributed by atoms with Crippen molar-refractivity contribution in [3.05, 3.63) is 77.7 Å². The van der Waals surface area contributed by atoms with Crippen molar-refractivity contribution in [2.45, 2.75) is 30.8 Å². The van der Waals surface area contributed by atoms with Crippen LogP contribution in [0.25, 0.3) is 10.9 Å². The number of ketones is 1. The monoisotopic (exact) mass is 376 g/mol. The van der Waals surface area contributed by atoms with E-state index in [1.807, 2.05) is 56.3 Å². The zero-order valence-electron chi connectivity index (χ0n) is 15.2. The number of aryl methyl sites for hydroxylation is 1. The third-order valence-corrected chi connectivity index (χ3v) is 5.67. The van der Waals surface area contributed by atoms with Crippen LogP contribution in [0.4, 0.5) is 0 Å². The van der Waals surface area contributed by atoms with Crippen molar-refractivity contribution in [2.75, 3.05) is 0 Å². The van der Waals surface area contributed by atoms with Crippen LogP contribution in [0.2, 0.25) is 0 Å². The summed E-state index contributed by atoms with van der Waals surface area (Å²) in [7, 11) is 0. The van der Waals surface area contributed by atoms with Crippen LogP contribution in [-0.2, 0) is 6.54 Å². The number of hydrogen-bond donors (Lipinski definition) is 1. The molecule has 0 saturated carbocycles. The number of benzene rings is 2. The second kappa shape index (κ2) is 7.40. The van der Waals surface area contributed by atoms with Crippen molar-refractivity contribution in [2.24, 2.45) is 0 Å². The van der Waals surface area contributed by atoms with E-state index in [-0.39, 0.29) is 11.0 Å². The quantitative estimate of drug-likeness (QED) is 0.398. The highest BCUT2D eigenvalue weighted by atomic mass is 32.2. The normalized spacial score (nSPS) is 12.4. The average Bonchev–Trinajstić information content (AvgIpc) is 3.27. The highest BCUT2D eigenvalue weighted by Crippen LogP contribution is 2.28. The van der Waals surface area contributed by atoms with Crippen molar-refractivity contribution in [3.63, 3.8) is 0 Å². The van der Waals surface area contributed by atoms with Gasteiger partial charge in [0.25, 0.3) is 0 Å². The first-order chi connectivity index (χ1) is 13.1. The van der Waals surface area contributed by atoms with Gasteiger partial charge in [-0.25, -0.2) is 0 Å². The molecule has 1 N–H and O–H groups in total. The summed E-state index contributed by atoms with van der Waals surface area (Å²) in [5.74, 6) is 0.928. The summed E-state index contributed by atoms with van der Waals surface area (Å²) in [4.78, 5) is 16.2. The molecular formula is C21H20N4OS. The van der Waals surface area contributed by atoms with Crippen molar-refractivity contribution < 1.29 is 4.79 Å². The number of carbonyl (C=O) groups excluding carboxylic acids is 1. The molecule has 0 aliphatic carbocycles.